The zero-order valence-corrected chi connectivity index (χ0v) is 6.33. The summed E-state index contributed by atoms with van der Waals surface area (Å²) in [6.07, 6.45) is 0.160. The molecule has 0 saturated heterocycles. The van der Waals surface area contributed by atoms with Crippen molar-refractivity contribution < 1.29 is 14.7 Å². The first-order chi connectivity index (χ1) is 5.02. The van der Waals surface area contributed by atoms with E-state index in [1.54, 1.807) is 6.92 Å². The zero-order valence-electron chi connectivity index (χ0n) is 6.33. The molecule has 0 rings (SSSR count). The van der Waals surface area contributed by atoms with Gasteiger partial charge < -0.3 is 16.2 Å². The summed E-state index contributed by atoms with van der Waals surface area (Å²) in [4.78, 5) is 20.6. The Balaban J connectivity index is 3.45. The van der Waals surface area contributed by atoms with Gasteiger partial charge in [-0.3, -0.25) is 9.59 Å². The smallest absolute Gasteiger partial charge is 0.322 e. The number of carboxylic acids is 1. The van der Waals surface area contributed by atoms with Crippen LogP contribution < -0.4 is 11.1 Å². The SMILES string of the molecule is C[C@H](N)CC(=O)NCC(=O)O. The standard InChI is InChI=1S/C6H12N2O3/c1-4(7)2-5(9)8-3-6(10)11/h4H,2-3,7H2,1H3,(H,8,9)(H,10,11)/t4-/m0/s1. The summed E-state index contributed by atoms with van der Waals surface area (Å²) >= 11 is 0. The molecule has 1 amide bonds. The lowest BCUT2D eigenvalue weighted by Gasteiger charge is -2.03. The van der Waals surface area contributed by atoms with Crippen LogP contribution in [0.25, 0.3) is 0 Å². The first kappa shape index (κ1) is 9.90. The topological polar surface area (TPSA) is 92.4 Å². The average Bonchev–Trinajstić information content (AvgIpc) is 1.82. The van der Waals surface area contributed by atoms with Crippen LogP contribution in [0.15, 0.2) is 0 Å². The fraction of sp³-hybridized carbons (Fsp3) is 0.667. The van der Waals surface area contributed by atoms with Crippen LogP contribution in [-0.4, -0.2) is 29.6 Å². The van der Waals surface area contributed by atoms with Crippen molar-refractivity contribution in [1.82, 2.24) is 5.32 Å². The number of hydrogen-bond donors (Lipinski definition) is 3. The predicted octanol–water partition coefficient (Wildman–Crippen LogP) is -1.08. The van der Waals surface area contributed by atoms with Crippen molar-refractivity contribution in [3.63, 3.8) is 0 Å². The van der Waals surface area contributed by atoms with Crippen LogP contribution in [-0.2, 0) is 9.59 Å². The number of carbonyl (C=O) groups excluding carboxylic acids is 1. The van der Waals surface area contributed by atoms with Crippen LogP contribution in [0.4, 0.5) is 0 Å². The number of carboxylic acid groups (broad SMARTS) is 1. The van der Waals surface area contributed by atoms with E-state index in [4.69, 9.17) is 10.8 Å². The van der Waals surface area contributed by atoms with E-state index in [0.29, 0.717) is 0 Å². The molecule has 0 spiro atoms. The number of rotatable bonds is 4. The van der Waals surface area contributed by atoms with Gasteiger partial charge in [0, 0.05) is 12.5 Å². The van der Waals surface area contributed by atoms with Crippen LogP contribution in [0.2, 0.25) is 0 Å². The van der Waals surface area contributed by atoms with Crippen molar-refractivity contribution in [3.8, 4) is 0 Å². The van der Waals surface area contributed by atoms with E-state index in [0.717, 1.165) is 0 Å². The van der Waals surface area contributed by atoms with Crippen LogP contribution in [0.5, 0.6) is 0 Å². The molecule has 0 aliphatic carbocycles. The average molecular weight is 160 g/mol. The Hall–Kier alpha value is -1.10. The first-order valence-electron chi connectivity index (χ1n) is 3.26. The third-order valence-electron chi connectivity index (χ3n) is 0.944. The summed E-state index contributed by atoms with van der Waals surface area (Å²) < 4.78 is 0. The van der Waals surface area contributed by atoms with Gasteiger partial charge in [-0.05, 0) is 6.92 Å². The van der Waals surface area contributed by atoms with Crippen molar-refractivity contribution in [2.24, 2.45) is 5.73 Å². The Kier molecular flexibility index (Phi) is 4.21. The van der Waals surface area contributed by atoms with Crippen LogP contribution in [0.3, 0.4) is 0 Å². The highest BCUT2D eigenvalue weighted by molar-refractivity contribution is 5.81. The fourth-order valence-electron chi connectivity index (χ4n) is 0.539. The number of nitrogens with two attached hydrogens (primary N) is 1. The van der Waals surface area contributed by atoms with Crippen molar-refractivity contribution in [2.75, 3.05) is 6.54 Å². The van der Waals surface area contributed by atoms with E-state index < -0.39 is 5.97 Å². The number of nitrogens with one attached hydrogen (secondary N) is 1. The van der Waals surface area contributed by atoms with Gasteiger partial charge in [-0.25, -0.2) is 0 Å². The molecule has 11 heavy (non-hydrogen) atoms. The summed E-state index contributed by atoms with van der Waals surface area (Å²) in [6, 6.07) is -0.233. The van der Waals surface area contributed by atoms with Gasteiger partial charge in [0.25, 0.3) is 0 Å². The highest BCUT2D eigenvalue weighted by atomic mass is 16.4. The summed E-state index contributed by atoms with van der Waals surface area (Å²) in [7, 11) is 0. The molecule has 5 nitrogen and oxygen atoms in total. The normalized spacial score (nSPS) is 12.2. The molecule has 0 heterocycles. The largest absolute Gasteiger partial charge is 0.480 e. The predicted molar refractivity (Wildman–Crippen MR) is 38.9 cm³/mol. The van der Waals surface area contributed by atoms with Gasteiger partial charge in [-0.1, -0.05) is 0 Å². The summed E-state index contributed by atoms with van der Waals surface area (Å²) in [5.41, 5.74) is 5.29. The third-order valence-corrected chi connectivity index (χ3v) is 0.944. The minimum Gasteiger partial charge on any atom is -0.480 e. The Labute approximate surface area is 64.6 Å². The molecule has 1 atom stereocenters. The van der Waals surface area contributed by atoms with Gasteiger partial charge in [0.2, 0.25) is 5.91 Å². The molecular formula is C6H12N2O3. The van der Waals surface area contributed by atoms with E-state index in [-0.39, 0.29) is 24.9 Å². The summed E-state index contributed by atoms with van der Waals surface area (Å²) in [5.74, 6) is -1.38. The molecule has 0 fully saturated rings. The molecule has 0 aromatic heterocycles. The number of aliphatic carboxylic acids is 1. The van der Waals surface area contributed by atoms with Gasteiger partial charge >= 0.3 is 5.97 Å². The number of carbonyl (C=O) groups is 2. The quantitative estimate of drug-likeness (QED) is 0.488. The molecule has 0 bridgehead atoms. The van der Waals surface area contributed by atoms with Gasteiger partial charge in [0.05, 0.1) is 0 Å². The van der Waals surface area contributed by atoms with Crippen molar-refractivity contribution in [1.29, 1.82) is 0 Å². The number of amides is 1. The van der Waals surface area contributed by atoms with Crippen LogP contribution in [0.1, 0.15) is 13.3 Å². The van der Waals surface area contributed by atoms with Gasteiger partial charge in [-0.2, -0.15) is 0 Å². The Morgan fingerprint density at radius 2 is 2.18 bits per heavy atom. The lowest BCUT2D eigenvalue weighted by Crippen LogP contribution is -2.33. The molecule has 0 radical (unpaired) electrons. The highest BCUT2D eigenvalue weighted by Gasteiger charge is 2.05. The van der Waals surface area contributed by atoms with E-state index in [2.05, 4.69) is 5.32 Å². The van der Waals surface area contributed by atoms with Crippen molar-refractivity contribution >= 4 is 11.9 Å². The van der Waals surface area contributed by atoms with Crippen molar-refractivity contribution in [2.45, 2.75) is 19.4 Å². The van der Waals surface area contributed by atoms with Gasteiger partial charge in [0.1, 0.15) is 6.54 Å². The lowest BCUT2D eigenvalue weighted by molar-refractivity contribution is -0.138. The monoisotopic (exact) mass is 160 g/mol. The van der Waals surface area contributed by atoms with E-state index in [1.165, 1.54) is 0 Å². The zero-order chi connectivity index (χ0) is 8.85. The molecule has 4 N–H and O–H groups in total. The maximum absolute atomic E-state index is 10.7. The summed E-state index contributed by atoms with van der Waals surface area (Å²) in [6.45, 7) is 1.34. The molecule has 0 aromatic rings. The van der Waals surface area contributed by atoms with Crippen LogP contribution >= 0.6 is 0 Å². The molecule has 0 unspecified atom stereocenters. The van der Waals surface area contributed by atoms with Crippen LogP contribution in [0, 0.1) is 0 Å². The lowest BCUT2D eigenvalue weighted by atomic mass is 10.2. The van der Waals surface area contributed by atoms with E-state index >= 15 is 0 Å². The van der Waals surface area contributed by atoms with Gasteiger partial charge in [-0.15, -0.1) is 0 Å². The Morgan fingerprint density at radius 3 is 2.55 bits per heavy atom. The second-order valence-electron chi connectivity index (χ2n) is 2.35. The maximum atomic E-state index is 10.7. The molecule has 0 saturated carbocycles. The third kappa shape index (κ3) is 6.79. The highest BCUT2D eigenvalue weighted by Crippen LogP contribution is 1.84. The minimum absolute atomic E-state index is 0.160. The number of hydrogen-bond acceptors (Lipinski definition) is 3. The molecule has 0 aromatic carbocycles. The first-order valence-corrected chi connectivity index (χ1v) is 3.26. The van der Waals surface area contributed by atoms with E-state index in [9.17, 15) is 9.59 Å². The van der Waals surface area contributed by atoms with E-state index in [1.807, 2.05) is 0 Å². The second kappa shape index (κ2) is 4.68. The fourth-order valence-corrected chi connectivity index (χ4v) is 0.539. The molecule has 64 valence electrons. The molecular weight excluding hydrogens is 148 g/mol. The summed E-state index contributed by atoms with van der Waals surface area (Å²) in [5, 5.41) is 10.3. The molecule has 0 aliphatic rings. The Bertz CT molecular complexity index is 156. The second-order valence-corrected chi connectivity index (χ2v) is 2.35. The van der Waals surface area contributed by atoms with Gasteiger partial charge in [0.15, 0.2) is 0 Å². The maximum Gasteiger partial charge on any atom is 0.322 e. The molecule has 0 aliphatic heterocycles. The van der Waals surface area contributed by atoms with Crippen molar-refractivity contribution in [3.05, 3.63) is 0 Å². The minimum atomic E-state index is -1.05. The molecule has 5 heteroatoms. The Morgan fingerprint density at radius 1 is 1.64 bits per heavy atom.